The van der Waals surface area contributed by atoms with Crippen LogP contribution in [-0.2, 0) is 4.79 Å². The number of aromatic nitrogens is 2. The molecule has 8 nitrogen and oxygen atoms in total. The first-order valence-corrected chi connectivity index (χ1v) is 9.13. The Balaban J connectivity index is 1.64. The number of benzene rings is 2. The SMILES string of the molecule is O=C(CSc1nnc(-c2ccccc2[N+](=O)[O-])o1)Nc1ccc(Cl)c(Cl)c1. The Morgan fingerprint density at radius 1 is 1.19 bits per heavy atom. The molecule has 3 aromatic rings. The normalized spacial score (nSPS) is 10.6. The molecule has 11 heteroatoms. The third-order valence-corrected chi connectivity index (χ3v) is 4.83. The number of amides is 1. The van der Waals surface area contributed by atoms with Crippen LogP contribution in [0, 0.1) is 10.1 Å². The molecular weight excluding hydrogens is 415 g/mol. The molecule has 0 atom stereocenters. The van der Waals surface area contributed by atoms with Gasteiger partial charge in [-0.05, 0) is 24.3 Å². The summed E-state index contributed by atoms with van der Waals surface area (Å²) in [6, 6.07) is 10.8. The highest BCUT2D eigenvalue weighted by atomic mass is 35.5. The van der Waals surface area contributed by atoms with Crippen molar-refractivity contribution in [1.82, 2.24) is 10.2 Å². The molecular formula is C16H10Cl2N4O4S. The van der Waals surface area contributed by atoms with Crippen LogP contribution >= 0.6 is 35.0 Å². The summed E-state index contributed by atoms with van der Waals surface area (Å²) in [6.07, 6.45) is 0. The number of carbonyl (C=O) groups is 1. The molecule has 0 aliphatic carbocycles. The lowest BCUT2D eigenvalue weighted by molar-refractivity contribution is -0.384. The molecule has 1 amide bonds. The quantitative estimate of drug-likeness (QED) is 0.347. The first-order chi connectivity index (χ1) is 12.9. The first kappa shape index (κ1) is 19.2. The van der Waals surface area contributed by atoms with Crippen LogP contribution < -0.4 is 5.32 Å². The van der Waals surface area contributed by atoms with E-state index in [1.165, 1.54) is 18.2 Å². The van der Waals surface area contributed by atoms with E-state index in [0.717, 1.165) is 11.8 Å². The van der Waals surface area contributed by atoms with Gasteiger partial charge in [0.2, 0.25) is 5.91 Å². The van der Waals surface area contributed by atoms with Crippen molar-refractivity contribution in [2.75, 3.05) is 11.1 Å². The summed E-state index contributed by atoms with van der Waals surface area (Å²) in [5.41, 5.74) is 0.568. The second kappa shape index (κ2) is 8.38. The van der Waals surface area contributed by atoms with E-state index in [4.69, 9.17) is 27.6 Å². The molecule has 0 aliphatic heterocycles. The third-order valence-electron chi connectivity index (χ3n) is 3.27. The van der Waals surface area contributed by atoms with E-state index in [2.05, 4.69) is 15.5 Å². The lowest BCUT2D eigenvalue weighted by Crippen LogP contribution is -2.13. The number of thioether (sulfide) groups is 1. The molecule has 3 rings (SSSR count). The van der Waals surface area contributed by atoms with Crippen molar-refractivity contribution >= 4 is 52.2 Å². The van der Waals surface area contributed by atoms with Crippen LogP contribution in [0.5, 0.6) is 0 Å². The number of rotatable bonds is 6. The molecule has 0 fully saturated rings. The first-order valence-electron chi connectivity index (χ1n) is 7.39. The zero-order valence-electron chi connectivity index (χ0n) is 13.4. The second-order valence-corrected chi connectivity index (χ2v) is 6.85. The van der Waals surface area contributed by atoms with Crippen LogP contribution in [0.3, 0.4) is 0 Å². The molecule has 0 aliphatic rings. The fraction of sp³-hybridized carbons (Fsp3) is 0.0625. The minimum Gasteiger partial charge on any atom is -0.411 e. The summed E-state index contributed by atoms with van der Waals surface area (Å²) < 4.78 is 5.41. The summed E-state index contributed by atoms with van der Waals surface area (Å²) in [5, 5.41) is 22.2. The highest BCUT2D eigenvalue weighted by molar-refractivity contribution is 7.99. The Kier molecular flexibility index (Phi) is 5.94. The Morgan fingerprint density at radius 2 is 1.96 bits per heavy atom. The number of nitrogens with one attached hydrogen (secondary N) is 1. The smallest absolute Gasteiger partial charge is 0.282 e. The van der Waals surface area contributed by atoms with Crippen molar-refractivity contribution in [2.24, 2.45) is 0 Å². The van der Waals surface area contributed by atoms with Crippen LogP contribution in [0.1, 0.15) is 0 Å². The lowest BCUT2D eigenvalue weighted by Gasteiger charge is -2.05. The number of nitro benzene ring substituents is 1. The standard InChI is InChI=1S/C16H10Cl2N4O4S/c17-11-6-5-9(7-12(11)18)19-14(23)8-27-16-21-20-15(26-16)10-3-1-2-4-13(10)22(24)25/h1-7H,8H2,(H,19,23). The van der Waals surface area contributed by atoms with E-state index in [-0.39, 0.29) is 34.0 Å². The van der Waals surface area contributed by atoms with E-state index in [0.29, 0.717) is 15.7 Å². The number of anilines is 1. The minimum atomic E-state index is -0.531. The van der Waals surface area contributed by atoms with Gasteiger partial charge in [-0.1, -0.05) is 47.1 Å². The van der Waals surface area contributed by atoms with Crippen molar-refractivity contribution in [2.45, 2.75) is 5.22 Å². The van der Waals surface area contributed by atoms with Gasteiger partial charge in [0.25, 0.3) is 16.8 Å². The maximum atomic E-state index is 12.0. The van der Waals surface area contributed by atoms with Gasteiger partial charge >= 0.3 is 0 Å². The predicted molar refractivity (Wildman–Crippen MR) is 102 cm³/mol. The van der Waals surface area contributed by atoms with Gasteiger partial charge in [-0.3, -0.25) is 14.9 Å². The number of carbonyl (C=O) groups excluding carboxylic acids is 1. The van der Waals surface area contributed by atoms with Crippen molar-refractivity contribution in [3.05, 3.63) is 62.6 Å². The fourth-order valence-electron chi connectivity index (χ4n) is 2.09. The summed E-state index contributed by atoms with van der Waals surface area (Å²) in [5.74, 6) is -0.308. The average molecular weight is 425 g/mol. The van der Waals surface area contributed by atoms with Gasteiger partial charge in [-0.2, -0.15) is 0 Å². The highest BCUT2D eigenvalue weighted by Crippen LogP contribution is 2.30. The molecule has 1 aromatic heterocycles. The van der Waals surface area contributed by atoms with Crippen LogP contribution in [-0.4, -0.2) is 26.8 Å². The zero-order valence-corrected chi connectivity index (χ0v) is 15.7. The van der Waals surface area contributed by atoms with E-state index in [9.17, 15) is 14.9 Å². The zero-order chi connectivity index (χ0) is 19.4. The van der Waals surface area contributed by atoms with Crippen LogP contribution in [0.2, 0.25) is 10.0 Å². The maximum absolute atomic E-state index is 12.0. The molecule has 0 saturated heterocycles. The number of nitro groups is 1. The van der Waals surface area contributed by atoms with Crippen molar-refractivity contribution in [1.29, 1.82) is 0 Å². The second-order valence-electron chi connectivity index (χ2n) is 5.11. The molecule has 0 unspecified atom stereocenters. The highest BCUT2D eigenvalue weighted by Gasteiger charge is 2.20. The van der Waals surface area contributed by atoms with E-state index in [1.807, 2.05) is 0 Å². The number of halogens is 2. The topological polar surface area (TPSA) is 111 Å². The molecule has 138 valence electrons. The fourth-order valence-corrected chi connectivity index (χ4v) is 2.95. The Hall–Kier alpha value is -2.62. The number of nitrogens with zero attached hydrogens (tertiary/aromatic N) is 3. The molecule has 0 spiro atoms. The molecule has 1 N–H and O–H groups in total. The molecule has 27 heavy (non-hydrogen) atoms. The Morgan fingerprint density at radius 3 is 2.70 bits per heavy atom. The van der Waals surface area contributed by atoms with E-state index >= 15 is 0 Å². The van der Waals surface area contributed by atoms with Gasteiger partial charge in [0.05, 0.1) is 20.7 Å². The monoisotopic (exact) mass is 424 g/mol. The van der Waals surface area contributed by atoms with E-state index in [1.54, 1.807) is 24.3 Å². The predicted octanol–water partition coefficient (Wildman–Crippen LogP) is 4.68. The minimum absolute atomic E-state index is 0.00123. The number of para-hydroxylation sites is 1. The average Bonchev–Trinajstić information content (AvgIpc) is 3.12. The Labute approximate surface area is 167 Å². The molecule has 0 bridgehead atoms. The van der Waals surface area contributed by atoms with Gasteiger partial charge in [0, 0.05) is 11.8 Å². The summed E-state index contributed by atoms with van der Waals surface area (Å²) in [4.78, 5) is 22.6. The van der Waals surface area contributed by atoms with Crippen molar-refractivity contribution in [3.8, 4) is 11.5 Å². The van der Waals surface area contributed by atoms with Crippen LogP contribution in [0.25, 0.3) is 11.5 Å². The number of hydrogen-bond donors (Lipinski definition) is 1. The summed E-state index contributed by atoms with van der Waals surface area (Å²) in [6.45, 7) is 0. The van der Waals surface area contributed by atoms with Gasteiger partial charge in [0.15, 0.2) is 0 Å². The molecule has 0 radical (unpaired) electrons. The number of hydrogen-bond acceptors (Lipinski definition) is 7. The van der Waals surface area contributed by atoms with Gasteiger partial charge < -0.3 is 9.73 Å². The summed E-state index contributed by atoms with van der Waals surface area (Å²) >= 11 is 12.7. The molecule has 1 heterocycles. The van der Waals surface area contributed by atoms with Gasteiger partial charge in [0.1, 0.15) is 5.56 Å². The molecule has 0 saturated carbocycles. The third kappa shape index (κ3) is 4.76. The summed E-state index contributed by atoms with van der Waals surface area (Å²) in [7, 11) is 0. The largest absolute Gasteiger partial charge is 0.411 e. The van der Waals surface area contributed by atoms with Gasteiger partial charge in [-0.15, -0.1) is 10.2 Å². The van der Waals surface area contributed by atoms with Crippen molar-refractivity contribution in [3.63, 3.8) is 0 Å². The lowest BCUT2D eigenvalue weighted by atomic mass is 10.2. The Bertz CT molecular complexity index is 1010. The van der Waals surface area contributed by atoms with Crippen LogP contribution in [0.15, 0.2) is 52.1 Å². The maximum Gasteiger partial charge on any atom is 0.282 e. The van der Waals surface area contributed by atoms with Crippen molar-refractivity contribution < 1.29 is 14.1 Å². The molecule has 2 aromatic carbocycles. The van der Waals surface area contributed by atoms with Gasteiger partial charge in [-0.25, -0.2) is 0 Å². The van der Waals surface area contributed by atoms with E-state index < -0.39 is 4.92 Å². The van der Waals surface area contributed by atoms with Crippen LogP contribution in [0.4, 0.5) is 11.4 Å².